The average Bonchev–Trinajstić information content (AvgIpc) is 3.16. The van der Waals surface area contributed by atoms with Crippen LogP contribution in [0, 0.1) is 17.8 Å². The summed E-state index contributed by atoms with van der Waals surface area (Å²) in [7, 11) is 0. The topological polar surface area (TPSA) is 81.2 Å². The number of rotatable bonds is 5. The Hall–Kier alpha value is -3.33. The van der Waals surface area contributed by atoms with Crippen molar-refractivity contribution in [3.8, 4) is 11.8 Å². The van der Waals surface area contributed by atoms with Crippen molar-refractivity contribution in [1.29, 1.82) is 0 Å². The van der Waals surface area contributed by atoms with Gasteiger partial charge in [-0.15, -0.1) is 0 Å². The fourth-order valence-corrected chi connectivity index (χ4v) is 3.20. The smallest absolute Gasteiger partial charge is 0.307 e. The van der Waals surface area contributed by atoms with Gasteiger partial charge < -0.3 is 14.2 Å². The standard InChI is InChI=1S/C21H19N3O3/c1-2-20-22-9-10-24(20)13-16-11-17(27-23-16)8-5-14-3-6-15(7-4-14)18-12-19(18)21(25)26/h3-4,6-7,9-11,18-19H,2,12-13H2,1H3,(H,25,26). The minimum Gasteiger partial charge on any atom is -0.481 e. The van der Waals surface area contributed by atoms with Crippen molar-refractivity contribution >= 4 is 5.97 Å². The molecule has 1 aliphatic carbocycles. The summed E-state index contributed by atoms with van der Waals surface area (Å²) >= 11 is 0. The van der Waals surface area contributed by atoms with Crippen molar-refractivity contribution in [2.24, 2.45) is 5.92 Å². The molecule has 27 heavy (non-hydrogen) atoms. The lowest BCUT2D eigenvalue weighted by atomic mass is 10.1. The van der Waals surface area contributed by atoms with Crippen LogP contribution in [0.1, 0.15) is 47.7 Å². The first-order valence-corrected chi connectivity index (χ1v) is 8.94. The van der Waals surface area contributed by atoms with Crippen LogP contribution < -0.4 is 0 Å². The molecule has 3 aromatic rings. The van der Waals surface area contributed by atoms with E-state index < -0.39 is 5.97 Å². The molecule has 1 aromatic carbocycles. The fraction of sp³-hybridized carbons (Fsp3) is 0.286. The van der Waals surface area contributed by atoms with Gasteiger partial charge in [-0.25, -0.2) is 4.98 Å². The van der Waals surface area contributed by atoms with E-state index in [0.29, 0.717) is 12.3 Å². The van der Waals surface area contributed by atoms with Gasteiger partial charge in [-0.3, -0.25) is 4.79 Å². The largest absolute Gasteiger partial charge is 0.481 e. The lowest BCUT2D eigenvalue weighted by molar-refractivity contribution is -0.138. The Morgan fingerprint density at radius 2 is 2.15 bits per heavy atom. The predicted octanol–water partition coefficient (Wildman–Crippen LogP) is 3.07. The van der Waals surface area contributed by atoms with Gasteiger partial charge in [-0.05, 0) is 36.0 Å². The highest BCUT2D eigenvalue weighted by atomic mass is 16.5. The van der Waals surface area contributed by atoms with E-state index in [1.807, 2.05) is 41.1 Å². The fourth-order valence-electron chi connectivity index (χ4n) is 3.20. The molecule has 1 saturated carbocycles. The molecule has 136 valence electrons. The van der Waals surface area contributed by atoms with Gasteiger partial charge in [-0.1, -0.05) is 30.1 Å². The number of nitrogens with zero attached hydrogens (tertiary/aromatic N) is 3. The zero-order valence-electron chi connectivity index (χ0n) is 14.9. The molecule has 1 fully saturated rings. The number of benzene rings is 1. The first-order valence-electron chi connectivity index (χ1n) is 8.94. The van der Waals surface area contributed by atoms with Crippen LogP contribution in [0.4, 0.5) is 0 Å². The van der Waals surface area contributed by atoms with Crippen LogP contribution in [0.3, 0.4) is 0 Å². The van der Waals surface area contributed by atoms with E-state index in [2.05, 4.69) is 28.9 Å². The summed E-state index contributed by atoms with van der Waals surface area (Å²) in [6.07, 6.45) is 5.29. The second-order valence-electron chi connectivity index (χ2n) is 6.67. The molecule has 4 rings (SSSR count). The Balaban J connectivity index is 1.41. The zero-order chi connectivity index (χ0) is 18.8. The number of carbonyl (C=O) groups is 1. The molecule has 1 aliphatic rings. The molecule has 0 saturated heterocycles. The Bertz CT molecular complexity index is 1020. The minimum atomic E-state index is -0.716. The Labute approximate surface area is 156 Å². The number of aromatic nitrogens is 3. The van der Waals surface area contributed by atoms with E-state index in [4.69, 9.17) is 9.63 Å². The highest BCUT2D eigenvalue weighted by Crippen LogP contribution is 2.47. The van der Waals surface area contributed by atoms with Gasteiger partial charge >= 0.3 is 5.97 Å². The van der Waals surface area contributed by atoms with E-state index in [0.717, 1.165) is 35.5 Å². The highest BCUT2D eigenvalue weighted by molar-refractivity contribution is 5.75. The van der Waals surface area contributed by atoms with Gasteiger partial charge in [0.15, 0.2) is 0 Å². The number of imidazole rings is 1. The van der Waals surface area contributed by atoms with Crippen molar-refractivity contribution in [3.63, 3.8) is 0 Å². The van der Waals surface area contributed by atoms with Crippen LogP contribution in [-0.4, -0.2) is 25.8 Å². The Kier molecular flexibility index (Phi) is 4.51. The van der Waals surface area contributed by atoms with E-state index in [-0.39, 0.29) is 11.8 Å². The monoisotopic (exact) mass is 361 g/mol. The van der Waals surface area contributed by atoms with Crippen molar-refractivity contribution in [2.75, 3.05) is 0 Å². The maximum absolute atomic E-state index is 11.0. The number of hydrogen-bond acceptors (Lipinski definition) is 4. The normalized spacial score (nSPS) is 18.0. The van der Waals surface area contributed by atoms with Crippen LogP contribution in [0.15, 0.2) is 47.2 Å². The first kappa shape index (κ1) is 17.1. The van der Waals surface area contributed by atoms with Crippen LogP contribution >= 0.6 is 0 Å². The molecule has 2 atom stereocenters. The van der Waals surface area contributed by atoms with Crippen LogP contribution in [-0.2, 0) is 17.8 Å². The lowest BCUT2D eigenvalue weighted by Gasteiger charge is -2.02. The van der Waals surface area contributed by atoms with Crippen molar-refractivity contribution in [1.82, 2.24) is 14.7 Å². The molecule has 2 heterocycles. The highest BCUT2D eigenvalue weighted by Gasteiger charge is 2.43. The summed E-state index contributed by atoms with van der Waals surface area (Å²) in [6.45, 7) is 2.67. The molecule has 2 unspecified atom stereocenters. The molecule has 0 amide bonds. The van der Waals surface area contributed by atoms with Gasteiger partial charge in [-0.2, -0.15) is 0 Å². The lowest BCUT2D eigenvalue weighted by Crippen LogP contribution is -2.03. The first-order chi connectivity index (χ1) is 13.1. The number of hydrogen-bond donors (Lipinski definition) is 1. The van der Waals surface area contributed by atoms with E-state index in [1.165, 1.54) is 0 Å². The van der Waals surface area contributed by atoms with Gasteiger partial charge in [0.05, 0.1) is 12.5 Å². The Morgan fingerprint density at radius 1 is 1.33 bits per heavy atom. The second kappa shape index (κ2) is 7.12. The van der Waals surface area contributed by atoms with E-state index in [1.54, 1.807) is 6.20 Å². The molecule has 0 bridgehead atoms. The van der Waals surface area contributed by atoms with Gasteiger partial charge in [0, 0.05) is 30.4 Å². The summed E-state index contributed by atoms with van der Waals surface area (Å²) in [5.41, 5.74) is 2.71. The molecule has 1 N–H and O–H groups in total. The quantitative estimate of drug-likeness (QED) is 0.707. The number of aryl methyl sites for hydroxylation is 1. The summed E-state index contributed by atoms with van der Waals surface area (Å²) in [6, 6.07) is 9.57. The molecule has 0 aliphatic heterocycles. The van der Waals surface area contributed by atoms with Crippen LogP contribution in [0.5, 0.6) is 0 Å². The summed E-state index contributed by atoms with van der Waals surface area (Å²) in [5.74, 6) is 6.74. The third-order valence-electron chi connectivity index (χ3n) is 4.79. The third kappa shape index (κ3) is 3.77. The van der Waals surface area contributed by atoms with Crippen molar-refractivity contribution in [3.05, 3.63) is 71.1 Å². The summed E-state index contributed by atoms with van der Waals surface area (Å²) in [4.78, 5) is 15.3. The summed E-state index contributed by atoms with van der Waals surface area (Å²) < 4.78 is 7.34. The van der Waals surface area contributed by atoms with Crippen LogP contribution in [0.25, 0.3) is 0 Å². The van der Waals surface area contributed by atoms with E-state index in [9.17, 15) is 4.79 Å². The van der Waals surface area contributed by atoms with Gasteiger partial charge in [0.1, 0.15) is 11.5 Å². The zero-order valence-corrected chi connectivity index (χ0v) is 14.9. The molecule has 0 spiro atoms. The van der Waals surface area contributed by atoms with Gasteiger partial charge in [0.25, 0.3) is 0 Å². The average molecular weight is 361 g/mol. The predicted molar refractivity (Wildman–Crippen MR) is 98.1 cm³/mol. The molecular formula is C21H19N3O3. The van der Waals surface area contributed by atoms with Crippen LogP contribution in [0.2, 0.25) is 0 Å². The SMILES string of the molecule is CCc1nccn1Cc1cc(C#Cc2ccc(C3CC3C(=O)O)cc2)on1. The number of carboxylic acid groups (broad SMARTS) is 1. The minimum absolute atomic E-state index is 0.137. The summed E-state index contributed by atoms with van der Waals surface area (Å²) in [5, 5.41) is 13.1. The molecule has 0 radical (unpaired) electrons. The van der Waals surface area contributed by atoms with Crippen molar-refractivity contribution < 1.29 is 14.4 Å². The number of carboxylic acids is 1. The molecule has 6 nitrogen and oxygen atoms in total. The number of aliphatic carboxylic acids is 1. The molecular weight excluding hydrogens is 342 g/mol. The molecule has 2 aromatic heterocycles. The maximum Gasteiger partial charge on any atom is 0.307 e. The second-order valence-corrected chi connectivity index (χ2v) is 6.67. The van der Waals surface area contributed by atoms with E-state index >= 15 is 0 Å². The third-order valence-corrected chi connectivity index (χ3v) is 4.79. The maximum atomic E-state index is 11.0. The van der Waals surface area contributed by atoms with Gasteiger partial charge in [0.2, 0.25) is 5.76 Å². The van der Waals surface area contributed by atoms with Crippen molar-refractivity contribution in [2.45, 2.75) is 32.2 Å². The Morgan fingerprint density at radius 3 is 2.85 bits per heavy atom. The molecule has 6 heteroatoms.